The Morgan fingerprint density at radius 3 is 2.79 bits per heavy atom. The van der Waals surface area contributed by atoms with Crippen molar-refractivity contribution in [2.24, 2.45) is 11.7 Å². The van der Waals surface area contributed by atoms with Crippen molar-refractivity contribution in [1.29, 1.82) is 0 Å². The van der Waals surface area contributed by atoms with Gasteiger partial charge in [0.2, 0.25) is 11.8 Å². The van der Waals surface area contributed by atoms with Crippen LogP contribution in [-0.4, -0.2) is 42.9 Å². The van der Waals surface area contributed by atoms with E-state index in [-0.39, 0.29) is 24.9 Å². The van der Waals surface area contributed by atoms with E-state index < -0.39 is 0 Å². The van der Waals surface area contributed by atoms with E-state index in [0.29, 0.717) is 5.92 Å². The average molecular weight is 199 g/mol. The van der Waals surface area contributed by atoms with Crippen LogP contribution in [0.1, 0.15) is 13.3 Å². The third-order valence-electron chi connectivity index (χ3n) is 2.40. The van der Waals surface area contributed by atoms with Crippen molar-refractivity contribution >= 4 is 11.8 Å². The van der Waals surface area contributed by atoms with Crippen molar-refractivity contribution in [3.8, 4) is 0 Å². The molecule has 14 heavy (non-hydrogen) atoms. The lowest BCUT2D eigenvalue weighted by Gasteiger charge is -2.15. The van der Waals surface area contributed by atoms with Crippen LogP contribution in [0.25, 0.3) is 0 Å². The molecule has 1 aliphatic heterocycles. The van der Waals surface area contributed by atoms with E-state index in [1.165, 1.54) is 0 Å². The van der Waals surface area contributed by atoms with Gasteiger partial charge in [0.15, 0.2) is 0 Å². The smallest absolute Gasteiger partial charge is 0.241 e. The van der Waals surface area contributed by atoms with E-state index in [9.17, 15) is 9.59 Å². The highest BCUT2D eigenvalue weighted by molar-refractivity contribution is 5.85. The van der Waals surface area contributed by atoms with Gasteiger partial charge in [0.05, 0.1) is 13.1 Å². The van der Waals surface area contributed by atoms with E-state index in [0.717, 1.165) is 19.5 Å². The zero-order valence-electron chi connectivity index (χ0n) is 8.45. The SMILES string of the molecule is CC1CCN(C(=O)CNC(=O)CN)C1. The Labute approximate surface area is 83.6 Å². The largest absolute Gasteiger partial charge is 0.346 e. The normalized spacial score (nSPS) is 21.0. The predicted molar refractivity (Wildman–Crippen MR) is 52.4 cm³/mol. The van der Waals surface area contributed by atoms with Crippen LogP contribution >= 0.6 is 0 Å². The molecule has 1 fully saturated rings. The van der Waals surface area contributed by atoms with E-state index in [1.807, 2.05) is 0 Å². The molecule has 0 saturated carbocycles. The Bertz CT molecular complexity index is 230. The molecule has 0 aromatic carbocycles. The van der Waals surface area contributed by atoms with Gasteiger partial charge in [-0.15, -0.1) is 0 Å². The predicted octanol–water partition coefficient (Wildman–Crippen LogP) is -1.07. The molecule has 0 aromatic rings. The van der Waals surface area contributed by atoms with Gasteiger partial charge in [-0.2, -0.15) is 0 Å². The van der Waals surface area contributed by atoms with Crippen LogP contribution in [0.5, 0.6) is 0 Å². The Balaban J connectivity index is 2.25. The Hall–Kier alpha value is -1.10. The molecular weight excluding hydrogens is 182 g/mol. The summed E-state index contributed by atoms with van der Waals surface area (Å²) in [6.45, 7) is 3.73. The average Bonchev–Trinajstić information content (AvgIpc) is 2.60. The molecule has 3 N–H and O–H groups in total. The summed E-state index contributed by atoms with van der Waals surface area (Å²) in [5.41, 5.74) is 5.10. The summed E-state index contributed by atoms with van der Waals surface area (Å²) >= 11 is 0. The molecule has 1 atom stereocenters. The minimum Gasteiger partial charge on any atom is -0.346 e. The highest BCUT2D eigenvalue weighted by Gasteiger charge is 2.22. The Morgan fingerprint density at radius 1 is 1.57 bits per heavy atom. The fourth-order valence-electron chi connectivity index (χ4n) is 1.52. The van der Waals surface area contributed by atoms with Crippen LogP contribution in [0, 0.1) is 5.92 Å². The highest BCUT2D eigenvalue weighted by atomic mass is 16.2. The fraction of sp³-hybridized carbons (Fsp3) is 0.778. The molecule has 5 nitrogen and oxygen atoms in total. The number of nitrogens with one attached hydrogen (secondary N) is 1. The minimum atomic E-state index is -0.286. The zero-order valence-corrected chi connectivity index (χ0v) is 8.45. The first-order chi connectivity index (χ1) is 6.63. The van der Waals surface area contributed by atoms with Crippen molar-refractivity contribution in [3.05, 3.63) is 0 Å². The Morgan fingerprint density at radius 2 is 2.29 bits per heavy atom. The standard InChI is InChI=1S/C9H17N3O2/c1-7-2-3-12(6-7)9(14)5-11-8(13)4-10/h7H,2-6,10H2,1H3,(H,11,13). The molecule has 0 aromatic heterocycles. The van der Waals surface area contributed by atoms with Crippen LogP contribution < -0.4 is 11.1 Å². The van der Waals surface area contributed by atoms with E-state index in [2.05, 4.69) is 12.2 Å². The van der Waals surface area contributed by atoms with Gasteiger partial charge in [0.1, 0.15) is 0 Å². The Kier molecular flexibility index (Phi) is 3.88. The summed E-state index contributed by atoms with van der Waals surface area (Å²) < 4.78 is 0. The molecule has 1 unspecified atom stereocenters. The lowest BCUT2D eigenvalue weighted by molar-refractivity contribution is -0.131. The number of hydrogen-bond acceptors (Lipinski definition) is 3. The number of carbonyl (C=O) groups is 2. The van der Waals surface area contributed by atoms with Gasteiger partial charge < -0.3 is 16.0 Å². The van der Waals surface area contributed by atoms with Crippen molar-refractivity contribution in [2.75, 3.05) is 26.2 Å². The van der Waals surface area contributed by atoms with Crippen LogP contribution in [0.15, 0.2) is 0 Å². The second-order valence-corrected chi connectivity index (χ2v) is 3.71. The first kappa shape index (κ1) is 11.0. The van der Waals surface area contributed by atoms with E-state index in [4.69, 9.17) is 5.73 Å². The summed E-state index contributed by atoms with van der Waals surface area (Å²) in [6.07, 6.45) is 1.05. The monoisotopic (exact) mass is 199 g/mol. The second kappa shape index (κ2) is 4.95. The lowest BCUT2D eigenvalue weighted by atomic mass is 10.2. The molecule has 2 amide bonds. The summed E-state index contributed by atoms with van der Waals surface area (Å²) in [7, 11) is 0. The third kappa shape index (κ3) is 2.99. The van der Waals surface area contributed by atoms with Crippen LogP contribution in [-0.2, 0) is 9.59 Å². The van der Waals surface area contributed by atoms with Crippen LogP contribution in [0.3, 0.4) is 0 Å². The fourth-order valence-corrected chi connectivity index (χ4v) is 1.52. The van der Waals surface area contributed by atoms with Gasteiger partial charge in [-0.3, -0.25) is 9.59 Å². The van der Waals surface area contributed by atoms with Crippen molar-refractivity contribution in [1.82, 2.24) is 10.2 Å². The molecule has 0 spiro atoms. The van der Waals surface area contributed by atoms with Crippen molar-refractivity contribution in [2.45, 2.75) is 13.3 Å². The number of hydrogen-bond donors (Lipinski definition) is 2. The third-order valence-corrected chi connectivity index (χ3v) is 2.40. The summed E-state index contributed by atoms with van der Waals surface area (Å²) in [6, 6.07) is 0. The topological polar surface area (TPSA) is 75.4 Å². The molecule has 5 heteroatoms. The number of rotatable bonds is 3. The maximum atomic E-state index is 11.5. The quantitative estimate of drug-likeness (QED) is 0.607. The molecule has 1 aliphatic rings. The molecule has 1 rings (SSSR count). The molecule has 1 heterocycles. The van der Waals surface area contributed by atoms with Gasteiger partial charge in [0.25, 0.3) is 0 Å². The summed E-state index contributed by atoms with van der Waals surface area (Å²) in [5, 5.41) is 2.47. The molecule has 0 bridgehead atoms. The number of amides is 2. The molecule has 1 saturated heterocycles. The van der Waals surface area contributed by atoms with Gasteiger partial charge in [0, 0.05) is 13.1 Å². The second-order valence-electron chi connectivity index (χ2n) is 3.71. The molecule has 80 valence electrons. The van der Waals surface area contributed by atoms with Crippen molar-refractivity contribution in [3.63, 3.8) is 0 Å². The lowest BCUT2D eigenvalue weighted by Crippen LogP contribution is -2.40. The van der Waals surface area contributed by atoms with Gasteiger partial charge in [-0.05, 0) is 12.3 Å². The molecular formula is C9H17N3O2. The van der Waals surface area contributed by atoms with Crippen LogP contribution in [0.4, 0.5) is 0 Å². The van der Waals surface area contributed by atoms with E-state index in [1.54, 1.807) is 4.90 Å². The number of likely N-dealkylation sites (tertiary alicyclic amines) is 1. The molecule has 0 radical (unpaired) electrons. The maximum Gasteiger partial charge on any atom is 0.241 e. The van der Waals surface area contributed by atoms with Gasteiger partial charge >= 0.3 is 0 Å². The van der Waals surface area contributed by atoms with Gasteiger partial charge in [-0.25, -0.2) is 0 Å². The number of carbonyl (C=O) groups excluding carboxylic acids is 2. The van der Waals surface area contributed by atoms with Gasteiger partial charge in [-0.1, -0.05) is 6.92 Å². The minimum absolute atomic E-state index is 0.0175. The number of nitrogens with two attached hydrogens (primary N) is 1. The molecule has 0 aliphatic carbocycles. The summed E-state index contributed by atoms with van der Waals surface area (Å²) in [4.78, 5) is 24.0. The zero-order chi connectivity index (χ0) is 10.6. The van der Waals surface area contributed by atoms with Crippen LogP contribution in [0.2, 0.25) is 0 Å². The summed E-state index contributed by atoms with van der Waals surface area (Å²) in [5.74, 6) is 0.269. The highest BCUT2D eigenvalue weighted by Crippen LogP contribution is 2.14. The van der Waals surface area contributed by atoms with E-state index >= 15 is 0 Å². The maximum absolute atomic E-state index is 11.5. The first-order valence-corrected chi connectivity index (χ1v) is 4.88. The first-order valence-electron chi connectivity index (χ1n) is 4.88. The number of nitrogens with zero attached hydrogens (tertiary/aromatic N) is 1. The van der Waals surface area contributed by atoms with Crippen molar-refractivity contribution < 1.29 is 9.59 Å².